The molecule has 1 aromatic heterocycles. The van der Waals surface area contributed by atoms with Crippen molar-refractivity contribution in [3.63, 3.8) is 0 Å². The van der Waals surface area contributed by atoms with Crippen molar-refractivity contribution in [2.75, 3.05) is 20.3 Å². The molecule has 0 aromatic carbocycles. The summed E-state index contributed by atoms with van der Waals surface area (Å²) in [6.07, 6.45) is -0.929. The third-order valence-corrected chi connectivity index (χ3v) is 4.79. The summed E-state index contributed by atoms with van der Waals surface area (Å²) in [6, 6.07) is -0.518. The zero-order valence-electron chi connectivity index (χ0n) is 12.2. The first kappa shape index (κ1) is 15.2. The number of urea groups is 1. The Balaban J connectivity index is 2.27. The molecule has 1 aliphatic rings. The minimum absolute atomic E-state index is 0.127. The van der Waals surface area contributed by atoms with Gasteiger partial charge in [0.05, 0.1) is 5.01 Å². The van der Waals surface area contributed by atoms with Crippen LogP contribution in [0.3, 0.4) is 0 Å². The van der Waals surface area contributed by atoms with Gasteiger partial charge in [-0.15, -0.1) is 11.3 Å². The Morgan fingerprint density at radius 1 is 1.60 bits per heavy atom. The van der Waals surface area contributed by atoms with Gasteiger partial charge >= 0.3 is 6.03 Å². The number of alkyl halides is 1. The second-order valence-corrected chi connectivity index (χ2v) is 7.06. The summed E-state index contributed by atoms with van der Waals surface area (Å²) in [5.74, 6) is 0. The lowest BCUT2D eigenvalue weighted by Gasteiger charge is -2.32. The van der Waals surface area contributed by atoms with E-state index in [1.165, 1.54) is 18.4 Å². The molecule has 0 saturated carbocycles. The first-order valence-electron chi connectivity index (χ1n) is 6.52. The van der Waals surface area contributed by atoms with E-state index in [9.17, 15) is 9.18 Å². The van der Waals surface area contributed by atoms with Crippen LogP contribution in [0.2, 0.25) is 0 Å². The second kappa shape index (κ2) is 5.29. The quantitative estimate of drug-likeness (QED) is 0.639. The summed E-state index contributed by atoms with van der Waals surface area (Å²) in [7, 11) is 1.44. The van der Waals surface area contributed by atoms with Gasteiger partial charge in [-0.25, -0.2) is 14.2 Å². The molecule has 2 heterocycles. The van der Waals surface area contributed by atoms with Gasteiger partial charge < -0.3 is 10.0 Å². The number of nitrogens with zero attached hydrogens (tertiary/aromatic N) is 3. The smallest absolute Gasteiger partial charge is 0.324 e. The van der Waals surface area contributed by atoms with Gasteiger partial charge in [0, 0.05) is 30.3 Å². The zero-order chi connectivity index (χ0) is 15.1. The van der Waals surface area contributed by atoms with Gasteiger partial charge in [0.15, 0.2) is 0 Å². The fourth-order valence-corrected chi connectivity index (χ4v) is 3.13. The molecule has 1 N–H and O–H groups in total. The average molecular weight is 301 g/mol. The van der Waals surface area contributed by atoms with Crippen LogP contribution in [0.15, 0.2) is 0 Å². The molecule has 0 bridgehead atoms. The highest BCUT2D eigenvalue weighted by atomic mass is 32.1. The Labute approximate surface area is 122 Å². The maximum Gasteiger partial charge on any atom is 0.324 e. The van der Waals surface area contributed by atoms with Gasteiger partial charge in [0.2, 0.25) is 6.30 Å². The minimum Gasteiger partial charge on any atom is -0.376 e. The van der Waals surface area contributed by atoms with Crippen LogP contribution in [0.25, 0.3) is 0 Å². The fourth-order valence-electron chi connectivity index (χ4n) is 2.00. The van der Waals surface area contributed by atoms with Gasteiger partial charge in [0.1, 0.15) is 12.4 Å². The number of carbonyl (C=O) groups excluding carboxylic acids is 1. The average Bonchev–Trinajstić information content (AvgIpc) is 2.82. The van der Waals surface area contributed by atoms with Crippen molar-refractivity contribution >= 4 is 17.4 Å². The predicted molar refractivity (Wildman–Crippen MR) is 75.3 cm³/mol. The number of halogens is 1. The number of thiazole rings is 1. The lowest BCUT2D eigenvalue weighted by Crippen LogP contribution is -2.45. The molecule has 112 valence electrons. The Hall–Kier alpha value is -1.21. The highest BCUT2D eigenvalue weighted by Crippen LogP contribution is 2.37. The predicted octanol–water partition coefficient (Wildman–Crippen LogP) is 2.27. The van der Waals surface area contributed by atoms with Crippen LogP contribution in [0, 0.1) is 0 Å². The summed E-state index contributed by atoms with van der Waals surface area (Å²) in [6.45, 7) is 5.98. The Bertz CT molecular complexity index is 512. The SMILES string of the molecule is CN(CO)C(=O)N1CCc2sc(C(C)(C)C)nc2C1F. The Morgan fingerprint density at radius 3 is 2.80 bits per heavy atom. The van der Waals surface area contributed by atoms with Crippen LogP contribution < -0.4 is 0 Å². The van der Waals surface area contributed by atoms with E-state index in [1.807, 2.05) is 20.8 Å². The van der Waals surface area contributed by atoms with Crippen molar-refractivity contribution in [1.29, 1.82) is 0 Å². The molecular formula is C13H20FN3O2S. The molecule has 1 atom stereocenters. The Morgan fingerprint density at radius 2 is 2.25 bits per heavy atom. The van der Waals surface area contributed by atoms with E-state index in [4.69, 9.17) is 5.11 Å². The standard InChI is InChI=1S/C13H20FN3O2S/c1-13(2,3)11-15-9-8(20-11)5-6-17(10(9)14)12(19)16(4)7-18/h10,18H,5-7H2,1-4H3. The van der Waals surface area contributed by atoms with E-state index in [-0.39, 0.29) is 5.41 Å². The lowest BCUT2D eigenvalue weighted by atomic mass is 9.98. The maximum absolute atomic E-state index is 14.5. The molecule has 0 aliphatic carbocycles. The molecular weight excluding hydrogens is 281 g/mol. The zero-order valence-corrected chi connectivity index (χ0v) is 13.0. The van der Waals surface area contributed by atoms with Gasteiger partial charge in [-0.05, 0) is 0 Å². The summed E-state index contributed by atoms with van der Waals surface area (Å²) < 4.78 is 14.5. The highest BCUT2D eigenvalue weighted by molar-refractivity contribution is 7.11. The van der Waals surface area contributed by atoms with E-state index in [0.717, 1.165) is 19.7 Å². The molecule has 1 unspecified atom stereocenters. The number of hydrogen-bond donors (Lipinski definition) is 1. The van der Waals surface area contributed by atoms with E-state index in [1.54, 1.807) is 0 Å². The number of hydrogen-bond acceptors (Lipinski definition) is 4. The lowest BCUT2D eigenvalue weighted by molar-refractivity contribution is 0.0561. The van der Waals surface area contributed by atoms with Crippen molar-refractivity contribution in [3.05, 3.63) is 15.6 Å². The highest BCUT2D eigenvalue weighted by Gasteiger charge is 2.36. The first-order valence-corrected chi connectivity index (χ1v) is 7.34. The number of carbonyl (C=O) groups is 1. The van der Waals surface area contributed by atoms with Crippen LogP contribution in [0.4, 0.5) is 9.18 Å². The summed E-state index contributed by atoms with van der Waals surface area (Å²) in [5.41, 5.74) is 0.226. The number of amides is 2. The van der Waals surface area contributed by atoms with Crippen LogP contribution in [0.1, 0.15) is 42.6 Å². The normalized spacial score (nSPS) is 18.9. The van der Waals surface area contributed by atoms with E-state index >= 15 is 0 Å². The molecule has 1 aliphatic heterocycles. The molecule has 0 spiro atoms. The second-order valence-electron chi connectivity index (χ2n) is 5.98. The summed E-state index contributed by atoms with van der Waals surface area (Å²) >= 11 is 1.52. The number of aromatic nitrogens is 1. The fraction of sp³-hybridized carbons (Fsp3) is 0.692. The topological polar surface area (TPSA) is 56.7 Å². The molecule has 7 heteroatoms. The van der Waals surface area contributed by atoms with Crippen LogP contribution in [0.5, 0.6) is 0 Å². The number of fused-ring (bicyclic) bond motifs is 1. The summed E-state index contributed by atoms with van der Waals surface area (Å²) in [5, 5.41) is 9.85. The van der Waals surface area contributed by atoms with Crippen LogP contribution in [-0.4, -0.2) is 46.2 Å². The van der Waals surface area contributed by atoms with Crippen molar-refractivity contribution in [3.8, 4) is 0 Å². The van der Waals surface area contributed by atoms with E-state index in [2.05, 4.69) is 4.98 Å². The third-order valence-electron chi connectivity index (χ3n) is 3.23. The van der Waals surface area contributed by atoms with E-state index in [0.29, 0.717) is 18.7 Å². The number of aliphatic hydroxyl groups excluding tert-OH is 1. The van der Waals surface area contributed by atoms with Crippen molar-refractivity contribution in [2.45, 2.75) is 38.9 Å². The number of aliphatic hydroxyl groups is 1. The van der Waals surface area contributed by atoms with Gasteiger partial charge in [-0.2, -0.15) is 0 Å². The van der Waals surface area contributed by atoms with E-state index < -0.39 is 19.1 Å². The monoisotopic (exact) mass is 301 g/mol. The summed E-state index contributed by atoms with van der Waals surface area (Å²) in [4.78, 5) is 19.5. The van der Waals surface area contributed by atoms with Gasteiger partial charge in [0.25, 0.3) is 0 Å². The van der Waals surface area contributed by atoms with Crippen LogP contribution >= 0.6 is 11.3 Å². The first-order chi connectivity index (χ1) is 9.25. The Kier molecular flexibility index (Phi) is 4.02. The molecule has 5 nitrogen and oxygen atoms in total. The maximum atomic E-state index is 14.5. The third kappa shape index (κ3) is 2.64. The molecule has 20 heavy (non-hydrogen) atoms. The minimum atomic E-state index is -1.53. The van der Waals surface area contributed by atoms with Crippen molar-refractivity contribution < 1.29 is 14.3 Å². The molecule has 2 rings (SSSR count). The van der Waals surface area contributed by atoms with Gasteiger partial charge in [-0.1, -0.05) is 20.8 Å². The molecule has 1 aromatic rings. The molecule has 0 radical (unpaired) electrons. The largest absolute Gasteiger partial charge is 0.376 e. The van der Waals surface area contributed by atoms with Crippen LogP contribution in [-0.2, 0) is 11.8 Å². The molecule has 0 fully saturated rings. The van der Waals surface area contributed by atoms with Gasteiger partial charge in [-0.3, -0.25) is 4.90 Å². The van der Waals surface area contributed by atoms with Crippen molar-refractivity contribution in [2.24, 2.45) is 0 Å². The molecule has 2 amide bonds. The molecule has 0 saturated heterocycles. The van der Waals surface area contributed by atoms with Crippen molar-refractivity contribution in [1.82, 2.24) is 14.8 Å². The number of rotatable bonds is 1.